The van der Waals surface area contributed by atoms with E-state index in [-0.39, 0.29) is 23.1 Å². The number of ether oxygens (including phenoxy) is 2. The van der Waals surface area contributed by atoms with Crippen LogP contribution in [-0.4, -0.2) is 39.6 Å². The van der Waals surface area contributed by atoms with Crippen LogP contribution in [0.1, 0.15) is 36.9 Å². The molecule has 0 saturated heterocycles. The van der Waals surface area contributed by atoms with Gasteiger partial charge in [0.25, 0.3) is 5.89 Å². The van der Waals surface area contributed by atoms with Crippen LogP contribution in [0.3, 0.4) is 0 Å². The maximum atomic E-state index is 11.5. The molecule has 176 valence electrons. The van der Waals surface area contributed by atoms with Crippen molar-refractivity contribution in [2.24, 2.45) is 0 Å². The fraction of sp³-hybridized carbons (Fsp3) is 0.269. The number of benzene rings is 2. The number of hydrogen-bond acceptors (Lipinski definition) is 8. The third-order valence-electron chi connectivity index (χ3n) is 5.55. The van der Waals surface area contributed by atoms with E-state index in [4.69, 9.17) is 13.9 Å². The van der Waals surface area contributed by atoms with Gasteiger partial charge in [0.15, 0.2) is 0 Å². The zero-order valence-electron chi connectivity index (χ0n) is 19.4. The van der Waals surface area contributed by atoms with Crippen molar-refractivity contribution in [1.29, 1.82) is 0 Å². The van der Waals surface area contributed by atoms with E-state index >= 15 is 0 Å². The lowest BCUT2D eigenvalue weighted by atomic mass is 9.95. The highest BCUT2D eigenvalue weighted by Crippen LogP contribution is 2.49. The van der Waals surface area contributed by atoms with E-state index in [9.17, 15) is 10.2 Å². The minimum atomic E-state index is -0.379. The molecule has 0 aliphatic carbocycles. The molecule has 0 unspecified atom stereocenters. The van der Waals surface area contributed by atoms with Crippen molar-refractivity contribution in [3.05, 3.63) is 65.7 Å². The molecule has 2 aromatic heterocycles. The van der Waals surface area contributed by atoms with Gasteiger partial charge in [-0.05, 0) is 30.5 Å². The molecule has 4 aromatic rings. The quantitative estimate of drug-likeness (QED) is 0.352. The topological polar surface area (TPSA) is 111 Å². The molecule has 2 heterocycles. The van der Waals surface area contributed by atoms with Crippen LogP contribution in [0.2, 0.25) is 0 Å². The molecule has 2 aromatic carbocycles. The Labute approximate surface area is 197 Å². The van der Waals surface area contributed by atoms with Crippen molar-refractivity contribution in [1.82, 2.24) is 15.2 Å². The molecule has 0 radical (unpaired) electrons. The Kier molecular flexibility index (Phi) is 6.96. The fourth-order valence-corrected chi connectivity index (χ4v) is 3.89. The van der Waals surface area contributed by atoms with E-state index in [0.29, 0.717) is 47.1 Å². The lowest BCUT2D eigenvalue weighted by Crippen LogP contribution is -2.01. The number of aromatic nitrogens is 3. The zero-order valence-corrected chi connectivity index (χ0v) is 19.4. The Morgan fingerprint density at radius 1 is 0.853 bits per heavy atom. The molecule has 0 amide bonds. The lowest BCUT2D eigenvalue weighted by molar-refractivity contribution is 0.395. The third kappa shape index (κ3) is 4.52. The van der Waals surface area contributed by atoms with Crippen molar-refractivity contribution in [2.75, 3.05) is 14.2 Å². The standard InChI is InChI=1S/C26H27N3O5/c1-4-5-12-17-21(22-18(32-2)13-9-14-19(22)33-3)24(30)23(25(31)27-17)26-29-28-20(34-26)15-16-10-7-6-8-11-16/h6-11,13-14H,4-5,12,15H2,1-3H3,(H2,27,30,31). The minimum absolute atomic E-state index is 0.0226. The number of aryl methyl sites for hydroxylation is 1. The highest BCUT2D eigenvalue weighted by Gasteiger charge is 2.28. The molecule has 0 aliphatic rings. The molecular formula is C26H27N3O5. The van der Waals surface area contributed by atoms with Crippen molar-refractivity contribution in [2.45, 2.75) is 32.6 Å². The number of aromatic hydroxyl groups is 2. The van der Waals surface area contributed by atoms with E-state index in [1.165, 1.54) is 0 Å². The summed E-state index contributed by atoms with van der Waals surface area (Å²) in [4.78, 5) is 4.42. The molecule has 2 N–H and O–H groups in total. The van der Waals surface area contributed by atoms with Crippen LogP contribution in [0, 0.1) is 0 Å². The van der Waals surface area contributed by atoms with Gasteiger partial charge in [0, 0.05) is 0 Å². The second-order valence-electron chi connectivity index (χ2n) is 7.79. The average Bonchev–Trinajstić information content (AvgIpc) is 3.30. The maximum Gasteiger partial charge on any atom is 0.257 e. The van der Waals surface area contributed by atoms with E-state index in [1.807, 2.05) is 30.3 Å². The van der Waals surface area contributed by atoms with E-state index in [0.717, 1.165) is 18.4 Å². The fourth-order valence-electron chi connectivity index (χ4n) is 3.89. The Morgan fingerprint density at radius 3 is 2.21 bits per heavy atom. The molecule has 34 heavy (non-hydrogen) atoms. The first-order valence-corrected chi connectivity index (χ1v) is 11.1. The summed E-state index contributed by atoms with van der Waals surface area (Å²) in [6.07, 6.45) is 2.69. The summed E-state index contributed by atoms with van der Waals surface area (Å²) < 4.78 is 17.0. The van der Waals surface area contributed by atoms with Gasteiger partial charge in [0.05, 0.1) is 37.5 Å². The zero-order chi connectivity index (χ0) is 24.1. The number of unbranched alkanes of at least 4 members (excludes halogenated alkanes) is 1. The number of pyridine rings is 1. The molecule has 0 spiro atoms. The smallest absolute Gasteiger partial charge is 0.257 e. The Hall–Kier alpha value is -4.07. The molecule has 0 saturated carbocycles. The predicted octanol–water partition coefficient (Wildman–Crippen LogP) is 5.16. The molecular weight excluding hydrogens is 434 g/mol. The van der Waals surface area contributed by atoms with Crippen molar-refractivity contribution in [3.63, 3.8) is 0 Å². The number of nitrogens with zero attached hydrogens (tertiary/aromatic N) is 3. The van der Waals surface area contributed by atoms with Crippen LogP contribution in [-0.2, 0) is 12.8 Å². The first kappa shape index (κ1) is 23.1. The average molecular weight is 462 g/mol. The van der Waals surface area contributed by atoms with Gasteiger partial charge >= 0.3 is 0 Å². The van der Waals surface area contributed by atoms with Gasteiger partial charge in [0.1, 0.15) is 22.8 Å². The first-order valence-electron chi connectivity index (χ1n) is 11.1. The molecule has 0 bridgehead atoms. The highest BCUT2D eigenvalue weighted by molar-refractivity contribution is 5.88. The lowest BCUT2D eigenvalue weighted by Gasteiger charge is -2.18. The molecule has 0 atom stereocenters. The van der Waals surface area contributed by atoms with Crippen LogP contribution < -0.4 is 9.47 Å². The monoisotopic (exact) mass is 461 g/mol. The van der Waals surface area contributed by atoms with Gasteiger partial charge in [0.2, 0.25) is 11.8 Å². The summed E-state index contributed by atoms with van der Waals surface area (Å²) in [6, 6.07) is 15.0. The summed E-state index contributed by atoms with van der Waals surface area (Å²) >= 11 is 0. The van der Waals surface area contributed by atoms with Gasteiger partial charge in [-0.15, -0.1) is 10.2 Å². The van der Waals surface area contributed by atoms with Crippen molar-refractivity contribution in [3.8, 4) is 45.7 Å². The summed E-state index contributed by atoms with van der Waals surface area (Å²) in [7, 11) is 3.09. The Bertz CT molecular complexity index is 1250. The molecule has 0 fully saturated rings. The van der Waals surface area contributed by atoms with Crippen LogP contribution in [0.15, 0.2) is 52.9 Å². The van der Waals surface area contributed by atoms with Gasteiger partial charge in [-0.3, -0.25) is 0 Å². The Morgan fingerprint density at radius 2 is 1.56 bits per heavy atom. The Balaban J connectivity index is 1.87. The van der Waals surface area contributed by atoms with E-state index in [2.05, 4.69) is 22.1 Å². The first-order chi connectivity index (χ1) is 16.6. The van der Waals surface area contributed by atoms with E-state index < -0.39 is 0 Å². The van der Waals surface area contributed by atoms with Gasteiger partial charge in [-0.2, -0.15) is 0 Å². The summed E-state index contributed by atoms with van der Waals surface area (Å²) in [5.41, 5.74) is 2.42. The summed E-state index contributed by atoms with van der Waals surface area (Å²) in [5.74, 6) is 0.729. The van der Waals surface area contributed by atoms with Crippen molar-refractivity contribution < 1.29 is 24.1 Å². The van der Waals surface area contributed by atoms with Crippen LogP contribution in [0.5, 0.6) is 23.1 Å². The third-order valence-corrected chi connectivity index (χ3v) is 5.55. The van der Waals surface area contributed by atoms with Crippen LogP contribution >= 0.6 is 0 Å². The second-order valence-corrected chi connectivity index (χ2v) is 7.79. The van der Waals surface area contributed by atoms with Crippen LogP contribution in [0.25, 0.3) is 22.6 Å². The van der Waals surface area contributed by atoms with Gasteiger partial charge < -0.3 is 24.1 Å². The number of hydrogen-bond donors (Lipinski definition) is 2. The normalized spacial score (nSPS) is 10.9. The van der Waals surface area contributed by atoms with Gasteiger partial charge in [-0.25, -0.2) is 4.98 Å². The second kappa shape index (κ2) is 10.2. The minimum Gasteiger partial charge on any atom is -0.506 e. The molecule has 8 nitrogen and oxygen atoms in total. The molecule has 8 heteroatoms. The number of methoxy groups -OCH3 is 2. The van der Waals surface area contributed by atoms with Gasteiger partial charge in [-0.1, -0.05) is 49.7 Å². The predicted molar refractivity (Wildman–Crippen MR) is 127 cm³/mol. The molecule has 4 rings (SSSR count). The van der Waals surface area contributed by atoms with Crippen molar-refractivity contribution >= 4 is 0 Å². The van der Waals surface area contributed by atoms with E-state index in [1.54, 1.807) is 32.4 Å². The summed E-state index contributed by atoms with van der Waals surface area (Å²) in [6.45, 7) is 2.06. The summed E-state index contributed by atoms with van der Waals surface area (Å²) in [5, 5.41) is 30.4. The largest absolute Gasteiger partial charge is 0.506 e. The molecule has 0 aliphatic heterocycles. The highest BCUT2D eigenvalue weighted by atomic mass is 16.5. The SMILES string of the molecule is CCCCc1nc(O)c(-c2nnc(Cc3ccccc3)o2)c(O)c1-c1c(OC)cccc1OC. The number of rotatable bonds is 9. The maximum absolute atomic E-state index is 11.5. The van der Waals surface area contributed by atoms with Crippen LogP contribution in [0.4, 0.5) is 0 Å².